The molecule has 0 aliphatic heterocycles. The second-order valence-electron chi connectivity index (χ2n) is 2.40. The molecular weight excluding hydrogens is 174 g/mol. The van der Waals surface area contributed by atoms with E-state index in [1.54, 1.807) is 0 Å². The van der Waals surface area contributed by atoms with Gasteiger partial charge in [0.1, 0.15) is 0 Å². The van der Waals surface area contributed by atoms with Gasteiger partial charge in [0.25, 0.3) is 0 Å². The van der Waals surface area contributed by atoms with Gasteiger partial charge in [0, 0.05) is 5.56 Å². The zero-order valence-corrected chi connectivity index (χ0v) is 6.72. The highest BCUT2D eigenvalue weighted by Gasteiger charge is 2.03. The SMILES string of the molecule is N=C(/C=C\N)c1ccc(F)c(F)c1. The Morgan fingerprint density at radius 3 is 2.54 bits per heavy atom. The molecule has 0 saturated carbocycles. The molecule has 3 N–H and O–H groups in total. The summed E-state index contributed by atoms with van der Waals surface area (Å²) in [6, 6.07) is 3.25. The van der Waals surface area contributed by atoms with Crippen LogP contribution in [0.15, 0.2) is 30.5 Å². The molecule has 0 saturated heterocycles. The standard InChI is InChI=1S/C9H8F2N2/c10-7-2-1-6(5-8(7)11)9(13)3-4-12/h1-5,13H,12H2/b4-3-,13-9?. The van der Waals surface area contributed by atoms with Crippen LogP contribution in [0.5, 0.6) is 0 Å². The Kier molecular flexibility index (Phi) is 2.74. The quantitative estimate of drug-likeness (QED) is 0.673. The van der Waals surface area contributed by atoms with E-state index in [2.05, 4.69) is 0 Å². The van der Waals surface area contributed by atoms with Crippen LogP contribution in [0.4, 0.5) is 8.78 Å². The zero-order chi connectivity index (χ0) is 9.84. The molecule has 2 nitrogen and oxygen atoms in total. The Balaban J connectivity index is 3.04. The maximum atomic E-state index is 12.7. The molecule has 0 fully saturated rings. The zero-order valence-electron chi connectivity index (χ0n) is 6.72. The Morgan fingerprint density at radius 1 is 1.31 bits per heavy atom. The molecule has 0 heterocycles. The van der Waals surface area contributed by atoms with Crippen LogP contribution in [-0.4, -0.2) is 5.71 Å². The van der Waals surface area contributed by atoms with E-state index in [0.29, 0.717) is 5.56 Å². The molecule has 0 radical (unpaired) electrons. The molecule has 0 spiro atoms. The fourth-order valence-electron chi connectivity index (χ4n) is 0.856. The van der Waals surface area contributed by atoms with Crippen LogP contribution >= 0.6 is 0 Å². The fraction of sp³-hybridized carbons (Fsp3) is 0. The van der Waals surface area contributed by atoms with Crippen LogP contribution in [0.25, 0.3) is 0 Å². The largest absolute Gasteiger partial charge is 0.405 e. The third kappa shape index (κ3) is 2.11. The van der Waals surface area contributed by atoms with Gasteiger partial charge in [-0.15, -0.1) is 0 Å². The van der Waals surface area contributed by atoms with E-state index in [1.807, 2.05) is 0 Å². The second kappa shape index (κ2) is 3.80. The molecule has 0 aromatic heterocycles. The highest BCUT2D eigenvalue weighted by molar-refractivity contribution is 6.06. The summed E-state index contributed by atoms with van der Waals surface area (Å²) in [6.07, 6.45) is 2.47. The van der Waals surface area contributed by atoms with Crippen molar-refractivity contribution in [2.45, 2.75) is 0 Å². The summed E-state index contributed by atoms with van der Waals surface area (Å²) in [5, 5.41) is 7.34. The molecule has 4 heteroatoms. The van der Waals surface area contributed by atoms with E-state index < -0.39 is 11.6 Å². The third-order valence-electron chi connectivity index (χ3n) is 1.49. The van der Waals surface area contributed by atoms with Gasteiger partial charge in [0.05, 0.1) is 5.71 Å². The summed E-state index contributed by atoms with van der Waals surface area (Å²) in [4.78, 5) is 0. The highest BCUT2D eigenvalue weighted by atomic mass is 19.2. The first-order valence-corrected chi connectivity index (χ1v) is 3.57. The summed E-state index contributed by atoms with van der Waals surface area (Å²) in [6.45, 7) is 0. The number of nitrogens with one attached hydrogen (secondary N) is 1. The minimum Gasteiger partial charge on any atom is -0.405 e. The Labute approximate surface area is 74.2 Å². The van der Waals surface area contributed by atoms with Crippen molar-refractivity contribution >= 4 is 5.71 Å². The molecule has 68 valence electrons. The number of hydrogen-bond donors (Lipinski definition) is 2. The lowest BCUT2D eigenvalue weighted by Gasteiger charge is -1.98. The number of benzene rings is 1. The van der Waals surface area contributed by atoms with Gasteiger partial charge < -0.3 is 11.1 Å². The average molecular weight is 182 g/mol. The molecule has 1 aromatic carbocycles. The Hall–Kier alpha value is -1.71. The van der Waals surface area contributed by atoms with Crippen LogP contribution in [0.1, 0.15) is 5.56 Å². The lowest BCUT2D eigenvalue weighted by atomic mass is 10.1. The predicted octanol–water partition coefficient (Wildman–Crippen LogP) is 1.81. The highest BCUT2D eigenvalue weighted by Crippen LogP contribution is 2.09. The topological polar surface area (TPSA) is 49.9 Å². The minimum atomic E-state index is -0.965. The summed E-state index contributed by atoms with van der Waals surface area (Å²) < 4.78 is 25.1. The van der Waals surface area contributed by atoms with Crippen LogP contribution in [0, 0.1) is 17.0 Å². The van der Waals surface area contributed by atoms with Gasteiger partial charge in [-0.1, -0.05) is 0 Å². The molecule has 0 atom stereocenters. The molecule has 0 aliphatic rings. The van der Waals surface area contributed by atoms with Crippen molar-refractivity contribution in [2.24, 2.45) is 5.73 Å². The van der Waals surface area contributed by atoms with Gasteiger partial charge in [0.2, 0.25) is 0 Å². The lowest BCUT2D eigenvalue weighted by Crippen LogP contribution is -1.97. The first-order chi connectivity index (χ1) is 6.15. The monoisotopic (exact) mass is 182 g/mol. The van der Waals surface area contributed by atoms with Gasteiger partial charge in [0.15, 0.2) is 11.6 Å². The lowest BCUT2D eigenvalue weighted by molar-refractivity contribution is 0.508. The summed E-state index contributed by atoms with van der Waals surface area (Å²) in [5.74, 6) is -1.89. The van der Waals surface area contributed by atoms with Gasteiger partial charge in [-0.2, -0.15) is 0 Å². The van der Waals surface area contributed by atoms with Gasteiger partial charge in [-0.3, -0.25) is 0 Å². The molecule has 1 rings (SSSR count). The number of halogens is 2. The first kappa shape index (κ1) is 9.38. The Morgan fingerprint density at radius 2 is 2.00 bits per heavy atom. The van der Waals surface area contributed by atoms with Crippen molar-refractivity contribution in [3.8, 4) is 0 Å². The van der Waals surface area contributed by atoms with Crippen LogP contribution in [-0.2, 0) is 0 Å². The van der Waals surface area contributed by atoms with Crippen LogP contribution in [0.2, 0.25) is 0 Å². The molecular formula is C9H8F2N2. The van der Waals surface area contributed by atoms with E-state index in [-0.39, 0.29) is 5.71 Å². The van der Waals surface area contributed by atoms with Crippen molar-refractivity contribution in [3.05, 3.63) is 47.7 Å². The van der Waals surface area contributed by atoms with Crippen molar-refractivity contribution < 1.29 is 8.78 Å². The van der Waals surface area contributed by atoms with E-state index >= 15 is 0 Å². The molecule has 13 heavy (non-hydrogen) atoms. The molecule has 0 bridgehead atoms. The minimum absolute atomic E-state index is 0.0430. The average Bonchev–Trinajstić information content (AvgIpc) is 2.10. The fourth-order valence-corrected chi connectivity index (χ4v) is 0.856. The van der Waals surface area contributed by atoms with Gasteiger partial charge in [-0.05, 0) is 30.5 Å². The van der Waals surface area contributed by atoms with Crippen LogP contribution in [0.3, 0.4) is 0 Å². The predicted molar refractivity (Wildman–Crippen MR) is 46.5 cm³/mol. The Bertz CT molecular complexity index is 359. The molecule has 0 aliphatic carbocycles. The number of allylic oxidation sites excluding steroid dienone is 1. The first-order valence-electron chi connectivity index (χ1n) is 3.57. The van der Waals surface area contributed by atoms with Crippen molar-refractivity contribution in [1.82, 2.24) is 0 Å². The summed E-state index contributed by atoms with van der Waals surface area (Å²) in [7, 11) is 0. The normalized spacial score (nSPS) is 10.6. The number of nitrogens with two attached hydrogens (primary N) is 1. The van der Waals surface area contributed by atoms with Gasteiger partial charge >= 0.3 is 0 Å². The van der Waals surface area contributed by atoms with Crippen molar-refractivity contribution in [3.63, 3.8) is 0 Å². The maximum absolute atomic E-state index is 12.7. The maximum Gasteiger partial charge on any atom is 0.159 e. The van der Waals surface area contributed by atoms with E-state index in [1.165, 1.54) is 18.3 Å². The smallest absolute Gasteiger partial charge is 0.159 e. The van der Waals surface area contributed by atoms with E-state index in [0.717, 1.165) is 12.1 Å². The van der Waals surface area contributed by atoms with Crippen molar-refractivity contribution in [1.29, 1.82) is 5.41 Å². The molecule has 1 aromatic rings. The summed E-state index contributed by atoms with van der Waals surface area (Å²) in [5.41, 5.74) is 5.38. The van der Waals surface area contributed by atoms with E-state index in [9.17, 15) is 8.78 Å². The number of hydrogen-bond acceptors (Lipinski definition) is 2. The summed E-state index contributed by atoms with van der Waals surface area (Å²) >= 11 is 0. The van der Waals surface area contributed by atoms with Crippen LogP contribution < -0.4 is 5.73 Å². The van der Waals surface area contributed by atoms with E-state index in [4.69, 9.17) is 11.1 Å². The second-order valence-corrected chi connectivity index (χ2v) is 2.40. The molecule has 0 unspecified atom stereocenters. The van der Waals surface area contributed by atoms with Gasteiger partial charge in [-0.25, -0.2) is 8.78 Å². The molecule has 0 amide bonds. The van der Waals surface area contributed by atoms with Crippen molar-refractivity contribution in [2.75, 3.05) is 0 Å². The third-order valence-corrected chi connectivity index (χ3v) is 1.49. The number of rotatable bonds is 2.